The molecule has 0 aliphatic carbocycles. The predicted molar refractivity (Wildman–Crippen MR) is 106 cm³/mol. The molecule has 2 aliphatic heterocycles. The van der Waals surface area contributed by atoms with Crippen LogP contribution in [0.5, 0.6) is 0 Å². The lowest BCUT2D eigenvalue weighted by Crippen LogP contribution is -2.38. The lowest BCUT2D eigenvalue weighted by Gasteiger charge is -2.31. The fourth-order valence-corrected chi connectivity index (χ4v) is 3.80. The van der Waals surface area contributed by atoms with Crippen molar-refractivity contribution in [2.75, 3.05) is 50.5 Å². The molecule has 8 nitrogen and oxygen atoms in total. The van der Waals surface area contributed by atoms with Crippen molar-refractivity contribution in [1.82, 2.24) is 20.2 Å². The lowest BCUT2D eigenvalue weighted by atomic mass is 9.93. The number of likely N-dealkylation sites (tertiary alicyclic amines) is 1. The van der Waals surface area contributed by atoms with Crippen molar-refractivity contribution in [2.24, 2.45) is 0 Å². The minimum Gasteiger partial charge on any atom is -0.449 e. The van der Waals surface area contributed by atoms with Crippen molar-refractivity contribution in [3.8, 4) is 0 Å². The van der Waals surface area contributed by atoms with Crippen LogP contribution in [0.3, 0.4) is 0 Å². The summed E-state index contributed by atoms with van der Waals surface area (Å²) in [5, 5.41) is 3.32. The zero-order valence-electron chi connectivity index (χ0n) is 16.5. The first-order valence-corrected chi connectivity index (χ1v) is 10.1. The van der Waals surface area contributed by atoms with Crippen molar-refractivity contribution in [2.45, 2.75) is 51.0 Å². The van der Waals surface area contributed by atoms with E-state index in [9.17, 15) is 4.79 Å². The average molecular weight is 377 g/mol. The third-order valence-corrected chi connectivity index (χ3v) is 5.57. The Morgan fingerprint density at radius 3 is 2.74 bits per heavy atom. The Hall–Kier alpha value is -2.09. The second kappa shape index (κ2) is 9.21. The molecule has 0 radical (unpaired) electrons. The molecule has 1 amide bonds. The van der Waals surface area contributed by atoms with Gasteiger partial charge in [-0.15, -0.1) is 0 Å². The van der Waals surface area contributed by atoms with E-state index in [0.29, 0.717) is 37.6 Å². The molecule has 8 heteroatoms. The van der Waals surface area contributed by atoms with Crippen molar-refractivity contribution in [3.63, 3.8) is 0 Å². The lowest BCUT2D eigenvalue weighted by molar-refractivity contribution is 0.0914. The molecule has 0 unspecified atom stereocenters. The summed E-state index contributed by atoms with van der Waals surface area (Å²) in [6, 6.07) is 2.57. The summed E-state index contributed by atoms with van der Waals surface area (Å²) in [5.41, 5.74) is 6.99. The van der Waals surface area contributed by atoms with Crippen LogP contribution in [0.2, 0.25) is 0 Å². The number of nitrogen functional groups attached to an aromatic ring is 1. The number of unbranched alkanes of at least 4 members (excludes halogenated alkanes) is 1. The highest BCUT2D eigenvalue weighted by atomic mass is 16.6. The molecule has 1 aromatic heterocycles. The number of anilines is 2. The summed E-state index contributed by atoms with van der Waals surface area (Å²) in [5.74, 6) is 1.55. The second-order valence-corrected chi connectivity index (χ2v) is 7.46. The van der Waals surface area contributed by atoms with Crippen molar-refractivity contribution < 1.29 is 9.53 Å². The number of carbonyl (C=O) groups is 1. The number of ether oxygens (including phenoxy) is 1. The number of carbonyl (C=O) groups excluding carboxylic acids is 1. The quantitative estimate of drug-likeness (QED) is 0.733. The summed E-state index contributed by atoms with van der Waals surface area (Å²) < 4.78 is 5.32. The van der Waals surface area contributed by atoms with Gasteiger partial charge in [-0.25, -0.2) is 9.78 Å². The molecule has 3 heterocycles. The molecule has 3 N–H and O–H groups in total. The zero-order valence-corrected chi connectivity index (χ0v) is 16.5. The van der Waals surface area contributed by atoms with Crippen LogP contribution >= 0.6 is 0 Å². The SMILES string of the molecule is CCCCOC(=O)N1CCC(c2cc(N3CC[C@@H](NC)C3)nc(N)n2)CC1. The van der Waals surface area contributed by atoms with Gasteiger partial charge in [-0.1, -0.05) is 13.3 Å². The first-order chi connectivity index (χ1) is 13.1. The van der Waals surface area contributed by atoms with Crippen LogP contribution < -0.4 is 16.0 Å². The van der Waals surface area contributed by atoms with Crippen LogP contribution in [0.25, 0.3) is 0 Å². The largest absolute Gasteiger partial charge is 0.449 e. The van der Waals surface area contributed by atoms with Gasteiger partial charge in [-0.05, 0) is 32.7 Å². The number of aromatic nitrogens is 2. The highest BCUT2D eigenvalue weighted by Crippen LogP contribution is 2.30. The van der Waals surface area contributed by atoms with Gasteiger partial charge in [-0.3, -0.25) is 0 Å². The summed E-state index contributed by atoms with van der Waals surface area (Å²) in [4.78, 5) is 25.1. The highest BCUT2D eigenvalue weighted by Gasteiger charge is 2.28. The molecule has 0 aromatic carbocycles. The third kappa shape index (κ3) is 5.00. The van der Waals surface area contributed by atoms with Crippen LogP contribution in [0.15, 0.2) is 6.07 Å². The topological polar surface area (TPSA) is 96.6 Å². The molecule has 2 fully saturated rings. The Kier molecular flexibility index (Phi) is 6.71. The third-order valence-electron chi connectivity index (χ3n) is 5.57. The van der Waals surface area contributed by atoms with Crippen molar-refractivity contribution >= 4 is 17.9 Å². The van der Waals surface area contributed by atoms with E-state index in [1.54, 1.807) is 4.90 Å². The summed E-state index contributed by atoms with van der Waals surface area (Å²) in [6.07, 6.45) is 4.60. The van der Waals surface area contributed by atoms with E-state index in [4.69, 9.17) is 10.5 Å². The van der Waals surface area contributed by atoms with Crippen molar-refractivity contribution in [1.29, 1.82) is 0 Å². The molecule has 1 atom stereocenters. The van der Waals surface area contributed by atoms with E-state index in [1.165, 1.54) is 0 Å². The van der Waals surface area contributed by atoms with Gasteiger partial charge in [-0.2, -0.15) is 4.98 Å². The first kappa shape index (κ1) is 19.7. The van der Waals surface area contributed by atoms with E-state index < -0.39 is 0 Å². The number of hydrogen-bond donors (Lipinski definition) is 2. The van der Waals surface area contributed by atoms with Crippen molar-refractivity contribution in [3.05, 3.63) is 11.8 Å². The Bertz CT molecular complexity index is 633. The summed E-state index contributed by atoms with van der Waals surface area (Å²) in [7, 11) is 2.00. The molecular formula is C19H32N6O2. The van der Waals surface area contributed by atoms with Gasteiger partial charge < -0.3 is 25.6 Å². The monoisotopic (exact) mass is 376 g/mol. The number of likely N-dealkylation sites (N-methyl/N-ethyl adjacent to an activating group) is 1. The molecular weight excluding hydrogens is 344 g/mol. The second-order valence-electron chi connectivity index (χ2n) is 7.46. The Morgan fingerprint density at radius 2 is 2.07 bits per heavy atom. The standard InChI is InChI=1S/C19H32N6O2/c1-3-4-11-27-19(26)24-8-5-14(6-9-24)16-12-17(23-18(20)22-16)25-10-7-15(13-25)21-2/h12,14-15,21H,3-11,13H2,1-2H3,(H2,20,22,23)/t15-/m1/s1. The van der Waals surface area contributed by atoms with Gasteiger partial charge in [0.15, 0.2) is 0 Å². The number of rotatable bonds is 6. The van der Waals surface area contributed by atoms with Crippen LogP contribution in [0.4, 0.5) is 16.6 Å². The van der Waals surface area contributed by atoms with E-state index in [1.807, 2.05) is 7.05 Å². The minimum absolute atomic E-state index is 0.194. The van der Waals surface area contributed by atoms with E-state index >= 15 is 0 Å². The average Bonchev–Trinajstić information content (AvgIpc) is 3.17. The molecule has 3 rings (SSSR count). The Labute approximate surface area is 161 Å². The predicted octanol–water partition coefficient (Wildman–Crippen LogP) is 1.97. The van der Waals surface area contributed by atoms with Crippen LogP contribution in [0, 0.1) is 0 Å². The van der Waals surface area contributed by atoms with Gasteiger partial charge in [0, 0.05) is 44.2 Å². The van der Waals surface area contributed by atoms with Crippen LogP contribution in [0.1, 0.15) is 50.6 Å². The molecule has 150 valence electrons. The molecule has 2 saturated heterocycles. The molecule has 0 saturated carbocycles. The molecule has 0 spiro atoms. The van der Waals surface area contributed by atoms with E-state index in [0.717, 1.165) is 56.7 Å². The van der Waals surface area contributed by atoms with Gasteiger partial charge in [0.1, 0.15) is 5.82 Å². The van der Waals surface area contributed by atoms with Gasteiger partial charge in [0.05, 0.1) is 12.3 Å². The Balaban J connectivity index is 1.59. The van der Waals surface area contributed by atoms with Gasteiger partial charge in [0.25, 0.3) is 0 Å². The maximum absolute atomic E-state index is 12.1. The molecule has 2 aliphatic rings. The number of nitrogens with two attached hydrogens (primary N) is 1. The van der Waals surface area contributed by atoms with Gasteiger partial charge in [0.2, 0.25) is 5.95 Å². The minimum atomic E-state index is -0.194. The number of piperidine rings is 1. The van der Waals surface area contributed by atoms with Gasteiger partial charge >= 0.3 is 6.09 Å². The highest BCUT2D eigenvalue weighted by molar-refractivity contribution is 5.67. The number of nitrogens with zero attached hydrogens (tertiary/aromatic N) is 4. The van der Waals surface area contributed by atoms with E-state index in [-0.39, 0.29) is 6.09 Å². The first-order valence-electron chi connectivity index (χ1n) is 10.1. The summed E-state index contributed by atoms with van der Waals surface area (Å²) >= 11 is 0. The zero-order chi connectivity index (χ0) is 19.2. The maximum Gasteiger partial charge on any atom is 0.409 e. The smallest absolute Gasteiger partial charge is 0.409 e. The maximum atomic E-state index is 12.1. The van der Waals surface area contributed by atoms with E-state index in [2.05, 4.69) is 33.2 Å². The Morgan fingerprint density at radius 1 is 1.30 bits per heavy atom. The fourth-order valence-electron chi connectivity index (χ4n) is 3.80. The summed E-state index contributed by atoms with van der Waals surface area (Å²) in [6.45, 7) is 5.89. The number of amides is 1. The molecule has 0 bridgehead atoms. The fraction of sp³-hybridized carbons (Fsp3) is 0.737. The number of hydrogen-bond acceptors (Lipinski definition) is 7. The normalized spacial score (nSPS) is 20.9. The molecule has 27 heavy (non-hydrogen) atoms. The van der Waals surface area contributed by atoms with Crippen LogP contribution in [-0.2, 0) is 4.74 Å². The number of nitrogens with one attached hydrogen (secondary N) is 1. The van der Waals surface area contributed by atoms with Crippen LogP contribution in [-0.4, -0.2) is 66.8 Å². The molecule has 1 aromatic rings.